The van der Waals surface area contributed by atoms with Crippen molar-refractivity contribution < 1.29 is 18.0 Å². The summed E-state index contributed by atoms with van der Waals surface area (Å²) in [5, 5.41) is 2.82. The fourth-order valence-corrected chi connectivity index (χ4v) is 1.88. The molecule has 1 aromatic rings. The van der Waals surface area contributed by atoms with Crippen LogP contribution in [-0.2, 0) is 0 Å². The molecule has 0 aliphatic heterocycles. The molecule has 3 nitrogen and oxygen atoms in total. The summed E-state index contributed by atoms with van der Waals surface area (Å²) in [6.07, 6.45) is -3.11. The topological polar surface area (TPSA) is 32.3 Å². The van der Waals surface area contributed by atoms with E-state index in [1.165, 1.54) is 6.07 Å². The summed E-state index contributed by atoms with van der Waals surface area (Å²) in [7, 11) is 1.63. The summed E-state index contributed by atoms with van der Waals surface area (Å²) in [5.41, 5.74) is 0.788. The Morgan fingerprint density at radius 1 is 1.30 bits per heavy atom. The Morgan fingerprint density at radius 3 is 2.50 bits per heavy atom. The predicted octanol–water partition coefficient (Wildman–Crippen LogP) is 3.53. The molecular formula is C14H19F3N2O. The second-order valence-electron chi connectivity index (χ2n) is 4.49. The lowest BCUT2D eigenvalue weighted by Gasteiger charge is -2.24. The molecule has 0 bridgehead atoms. The number of nitrogens with zero attached hydrogens (tertiary/aromatic N) is 1. The third-order valence-electron chi connectivity index (χ3n) is 2.87. The van der Waals surface area contributed by atoms with Crippen molar-refractivity contribution in [1.82, 2.24) is 4.90 Å². The standard InChI is InChI=1S/C14H19F3N2O/c1-3-4-9-19(10-14(15,16)17)13(20)11-7-5-6-8-12(11)18-2/h5-8,18H,3-4,9-10H2,1-2H3. The van der Waals surface area contributed by atoms with Crippen LogP contribution in [0, 0.1) is 0 Å². The molecule has 20 heavy (non-hydrogen) atoms. The first-order valence-electron chi connectivity index (χ1n) is 6.52. The monoisotopic (exact) mass is 288 g/mol. The minimum absolute atomic E-state index is 0.104. The highest BCUT2D eigenvalue weighted by Gasteiger charge is 2.33. The number of rotatable bonds is 6. The lowest BCUT2D eigenvalue weighted by atomic mass is 10.1. The van der Waals surface area contributed by atoms with Crippen molar-refractivity contribution in [3.05, 3.63) is 29.8 Å². The quantitative estimate of drug-likeness (QED) is 0.868. The van der Waals surface area contributed by atoms with Crippen molar-refractivity contribution in [3.63, 3.8) is 0 Å². The van der Waals surface area contributed by atoms with E-state index in [0.717, 1.165) is 11.3 Å². The Balaban J connectivity index is 2.97. The summed E-state index contributed by atoms with van der Waals surface area (Å²) in [4.78, 5) is 13.2. The molecule has 0 aliphatic rings. The van der Waals surface area contributed by atoms with E-state index in [4.69, 9.17) is 0 Å². The minimum atomic E-state index is -4.39. The Hall–Kier alpha value is -1.72. The Kier molecular flexibility index (Phi) is 5.85. The van der Waals surface area contributed by atoms with Gasteiger partial charge in [-0.1, -0.05) is 25.5 Å². The maximum absolute atomic E-state index is 12.6. The normalized spacial score (nSPS) is 11.2. The number of hydrogen-bond donors (Lipinski definition) is 1. The van der Waals surface area contributed by atoms with Crippen LogP contribution in [0.15, 0.2) is 24.3 Å². The number of unbranched alkanes of at least 4 members (excludes halogenated alkanes) is 1. The second kappa shape index (κ2) is 7.17. The van der Waals surface area contributed by atoms with Gasteiger partial charge in [-0.2, -0.15) is 13.2 Å². The molecule has 1 amide bonds. The predicted molar refractivity (Wildman–Crippen MR) is 72.9 cm³/mol. The molecule has 112 valence electrons. The van der Waals surface area contributed by atoms with E-state index in [2.05, 4.69) is 5.32 Å². The molecule has 0 saturated heterocycles. The largest absolute Gasteiger partial charge is 0.406 e. The SMILES string of the molecule is CCCCN(CC(F)(F)F)C(=O)c1ccccc1NC. The number of nitrogens with one attached hydrogen (secondary N) is 1. The lowest BCUT2D eigenvalue weighted by Crippen LogP contribution is -2.39. The molecule has 0 fully saturated rings. The second-order valence-corrected chi connectivity index (χ2v) is 4.49. The van der Waals surface area contributed by atoms with Crippen LogP contribution in [0.3, 0.4) is 0 Å². The number of carbonyl (C=O) groups is 1. The number of anilines is 1. The third-order valence-corrected chi connectivity index (χ3v) is 2.87. The van der Waals surface area contributed by atoms with E-state index in [9.17, 15) is 18.0 Å². The smallest absolute Gasteiger partial charge is 0.387 e. The van der Waals surface area contributed by atoms with Gasteiger partial charge in [0.05, 0.1) is 5.56 Å². The number of hydrogen-bond acceptors (Lipinski definition) is 2. The Labute approximate surface area is 116 Å². The molecule has 0 heterocycles. The van der Waals surface area contributed by atoms with Gasteiger partial charge in [-0.3, -0.25) is 4.79 Å². The molecular weight excluding hydrogens is 269 g/mol. The maximum Gasteiger partial charge on any atom is 0.406 e. The number of amides is 1. The van der Waals surface area contributed by atoms with E-state index in [1.54, 1.807) is 25.2 Å². The molecule has 0 aliphatic carbocycles. The summed E-state index contributed by atoms with van der Waals surface area (Å²) < 4.78 is 37.7. The number of carbonyl (C=O) groups excluding carboxylic acids is 1. The molecule has 0 atom stereocenters. The molecule has 0 spiro atoms. The van der Waals surface area contributed by atoms with E-state index < -0.39 is 18.6 Å². The van der Waals surface area contributed by atoms with Gasteiger partial charge in [-0.25, -0.2) is 0 Å². The lowest BCUT2D eigenvalue weighted by molar-refractivity contribution is -0.140. The van der Waals surface area contributed by atoms with Crippen molar-refractivity contribution in [1.29, 1.82) is 0 Å². The highest BCUT2D eigenvalue weighted by Crippen LogP contribution is 2.21. The summed E-state index contributed by atoms with van der Waals surface area (Å²) in [6.45, 7) is 0.758. The van der Waals surface area contributed by atoms with Crippen LogP contribution in [0.25, 0.3) is 0 Å². The van der Waals surface area contributed by atoms with Gasteiger partial charge in [0.1, 0.15) is 6.54 Å². The zero-order chi connectivity index (χ0) is 15.2. The van der Waals surface area contributed by atoms with Gasteiger partial charge in [0, 0.05) is 19.3 Å². The Bertz CT molecular complexity index is 446. The van der Waals surface area contributed by atoms with Crippen LogP contribution < -0.4 is 5.32 Å². The molecule has 0 saturated carbocycles. The van der Waals surface area contributed by atoms with Crippen molar-refractivity contribution in [3.8, 4) is 0 Å². The van der Waals surface area contributed by atoms with Crippen LogP contribution in [0.5, 0.6) is 0 Å². The molecule has 0 aromatic heterocycles. The number of alkyl halides is 3. The van der Waals surface area contributed by atoms with Gasteiger partial charge < -0.3 is 10.2 Å². The highest BCUT2D eigenvalue weighted by molar-refractivity contribution is 5.99. The van der Waals surface area contributed by atoms with E-state index in [1.807, 2.05) is 6.92 Å². The fraction of sp³-hybridized carbons (Fsp3) is 0.500. The first-order valence-corrected chi connectivity index (χ1v) is 6.52. The minimum Gasteiger partial charge on any atom is -0.387 e. The van der Waals surface area contributed by atoms with E-state index in [0.29, 0.717) is 12.1 Å². The van der Waals surface area contributed by atoms with Crippen molar-refractivity contribution >= 4 is 11.6 Å². The molecule has 1 N–H and O–H groups in total. The zero-order valence-corrected chi connectivity index (χ0v) is 11.6. The van der Waals surface area contributed by atoms with Crippen molar-refractivity contribution in [2.24, 2.45) is 0 Å². The molecule has 1 aromatic carbocycles. The van der Waals surface area contributed by atoms with E-state index in [-0.39, 0.29) is 12.1 Å². The van der Waals surface area contributed by atoms with Gasteiger partial charge in [-0.15, -0.1) is 0 Å². The number of halogens is 3. The van der Waals surface area contributed by atoms with Crippen molar-refractivity contribution in [2.75, 3.05) is 25.5 Å². The molecule has 1 rings (SSSR count). The molecule has 0 radical (unpaired) electrons. The van der Waals surface area contributed by atoms with Crippen molar-refractivity contribution in [2.45, 2.75) is 25.9 Å². The third kappa shape index (κ3) is 4.75. The zero-order valence-electron chi connectivity index (χ0n) is 11.6. The summed E-state index contributed by atoms with van der Waals surface area (Å²) in [5.74, 6) is -0.597. The van der Waals surface area contributed by atoms with Crippen LogP contribution in [0.4, 0.5) is 18.9 Å². The van der Waals surface area contributed by atoms with Crippen LogP contribution >= 0.6 is 0 Å². The van der Waals surface area contributed by atoms with Gasteiger partial charge in [0.25, 0.3) is 5.91 Å². The van der Waals surface area contributed by atoms with Gasteiger partial charge >= 0.3 is 6.18 Å². The average Bonchev–Trinajstić information content (AvgIpc) is 2.41. The molecule has 6 heteroatoms. The highest BCUT2D eigenvalue weighted by atomic mass is 19.4. The number of para-hydroxylation sites is 1. The van der Waals surface area contributed by atoms with E-state index >= 15 is 0 Å². The fourth-order valence-electron chi connectivity index (χ4n) is 1.88. The summed E-state index contributed by atoms with van der Waals surface area (Å²) >= 11 is 0. The first kappa shape index (κ1) is 16.3. The van der Waals surface area contributed by atoms with Crippen LogP contribution in [0.2, 0.25) is 0 Å². The van der Waals surface area contributed by atoms with Gasteiger partial charge in [0.2, 0.25) is 0 Å². The van der Waals surface area contributed by atoms with Gasteiger partial charge in [0.15, 0.2) is 0 Å². The number of benzene rings is 1. The van der Waals surface area contributed by atoms with Crippen LogP contribution in [0.1, 0.15) is 30.1 Å². The average molecular weight is 288 g/mol. The maximum atomic E-state index is 12.6. The summed E-state index contributed by atoms with van der Waals surface area (Å²) in [6, 6.07) is 6.56. The first-order chi connectivity index (χ1) is 9.39. The van der Waals surface area contributed by atoms with Gasteiger partial charge in [-0.05, 0) is 18.6 Å². The Morgan fingerprint density at radius 2 is 1.95 bits per heavy atom. The van der Waals surface area contributed by atoms with Crippen LogP contribution in [-0.4, -0.2) is 37.1 Å². The molecule has 0 unspecified atom stereocenters.